The fourth-order valence-corrected chi connectivity index (χ4v) is 3.20. The SMILES string of the molecule is CCCc1noc(CSc2sc(N)nc2C)n1. The number of aryl methyl sites for hydroxylation is 2. The summed E-state index contributed by atoms with van der Waals surface area (Å²) in [5.41, 5.74) is 6.60. The molecular weight excluding hydrogens is 256 g/mol. The van der Waals surface area contributed by atoms with Gasteiger partial charge in [0.15, 0.2) is 11.0 Å². The van der Waals surface area contributed by atoms with E-state index in [1.807, 2.05) is 6.92 Å². The smallest absolute Gasteiger partial charge is 0.237 e. The summed E-state index contributed by atoms with van der Waals surface area (Å²) in [6, 6.07) is 0. The highest BCUT2D eigenvalue weighted by atomic mass is 32.2. The summed E-state index contributed by atoms with van der Waals surface area (Å²) in [6.07, 6.45) is 1.89. The van der Waals surface area contributed by atoms with Crippen LogP contribution in [0.3, 0.4) is 0 Å². The van der Waals surface area contributed by atoms with E-state index >= 15 is 0 Å². The molecule has 0 spiro atoms. The van der Waals surface area contributed by atoms with Crippen LogP contribution in [-0.2, 0) is 12.2 Å². The van der Waals surface area contributed by atoms with Crippen molar-refractivity contribution in [2.75, 3.05) is 5.73 Å². The van der Waals surface area contributed by atoms with E-state index in [0.29, 0.717) is 16.8 Å². The maximum absolute atomic E-state index is 5.63. The van der Waals surface area contributed by atoms with Crippen molar-refractivity contribution in [3.8, 4) is 0 Å². The Labute approximate surface area is 108 Å². The van der Waals surface area contributed by atoms with Crippen LogP contribution in [0, 0.1) is 6.92 Å². The molecule has 0 aliphatic rings. The van der Waals surface area contributed by atoms with Gasteiger partial charge in [-0.1, -0.05) is 23.4 Å². The minimum Gasteiger partial charge on any atom is -0.375 e. The lowest BCUT2D eigenvalue weighted by atomic mass is 10.3. The quantitative estimate of drug-likeness (QED) is 0.842. The van der Waals surface area contributed by atoms with Gasteiger partial charge in [-0.2, -0.15) is 4.98 Å². The molecule has 0 saturated heterocycles. The number of nitrogens with two attached hydrogens (primary N) is 1. The second kappa shape index (κ2) is 5.50. The summed E-state index contributed by atoms with van der Waals surface area (Å²) in [4.78, 5) is 8.47. The van der Waals surface area contributed by atoms with Gasteiger partial charge >= 0.3 is 0 Å². The molecule has 0 fully saturated rings. The third-order valence-corrected chi connectivity index (χ3v) is 4.41. The molecule has 0 radical (unpaired) electrons. The molecule has 0 aliphatic heterocycles. The molecule has 0 unspecified atom stereocenters. The second-order valence-electron chi connectivity index (χ2n) is 3.57. The largest absolute Gasteiger partial charge is 0.375 e. The van der Waals surface area contributed by atoms with E-state index < -0.39 is 0 Å². The first-order valence-electron chi connectivity index (χ1n) is 5.36. The summed E-state index contributed by atoms with van der Waals surface area (Å²) in [5.74, 6) is 2.10. The van der Waals surface area contributed by atoms with E-state index in [1.165, 1.54) is 11.3 Å². The number of nitrogen functional groups attached to an aromatic ring is 1. The monoisotopic (exact) mass is 270 g/mol. The first kappa shape index (κ1) is 12.4. The van der Waals surface area contributed by atoms with Crippen molar-refractivity contribution < 1.29 is 4.52 Å². The molecule has 2 aromatic rings. The first-order valence-corrected chi connectivity index (χ1v) is 7.16. The van der Waals surface area contributed by atoms with Crippen molar-refractivity contribution in [1.82, 2.24) is 15.1 Å². The first-order chi connectivity index (χ1) is 8.19. The molecule has 0 aromatic carbocycles. The average molecular weight is 270 g/mol. The lowest BCUT2D eigenvalue weighted by Crippen LogP contribution is -1.86. The van der Waals surface area contributed by atoms with Gasteiger partial charge in [0, 0.05) is 6.42 Å². The van der Waals surface area contributed by atoms with Gasteiger partial charge in [-0.05, 0) is 13.3 Å². The van der Waals surface area contributed by atoms with Crippen molar-refractivity contribution >= 4 is 28.2 Å². The molecule has 0 aliphatic carbocycles. The number of nitrogens with zero attached hydrogens (tertiary/aromatic N) is 3. The normalized spacial score (nSPS) is 10.9. The average Bonchev–Trinajstić information content (AvgIpc) is 2.83. The number of thioether (sulfide) groups is 1. The highest BCUT2D eigenvalue weighted by Gasteiger charge is 2.10. The molecule has 92 valence electrons. The summed E-state index contributed by atoms with van der Waals surface area (Å²) in [6.45, 7) is 4.04. The van der Waals surface area contributed by atoms with Crippen LogP contribution in [0.15, 0.2) is 8.73 Å². The fraction of sp³-hybridized carbons (Fsp3) is 0.500. The van der Waals surface area contributed by atoms with Gasteiger partial charge < -0.3 is 10.3 Å². The molecular formula is C10H14N4OS2. The molecule has 0 bridgehead atoms. The summed E-state index contributed by atoms with van der Waals surface area (Å²) >= 11 is 3.12. The van der Waals surface area contributed by atoms with Gasteiger partial charge in [0.25, 0.3) is 0 Å². The maximum atomic E-state index is 5.63. The summed E-state index contributed by atoms with van der Waals surface area (Å²) < 4.78 is 6.27. The summed E-state index contributed by atoms with van der Waals surface area (Å²) in [5, 5.41) is 4.51. The van der Waals surface area contributed by atoms with E-state index in [0.717, 1.165) is 28.6 Å². The molecule has 17 heavy (non-hydrogen) atoms. The topological polar surface area (TPSA) is 77.8 Å². The Kier molecular flexibility index (Phi) is 4.01. The fourth-order valence-electron chi connectivity index (χ4n) is 1.34. The highest BCUT2D eigenvalue weighted by Crippen LogP contribution is 2.32. The number of anilines is 1. The van der Waals surface area contributed by atoms with Gasteiger partial charge in [-0.25, -0.2) is 4.98 Å². The van der Waals surface area contributed by atoms with Gasteiger partial charge in [-0.3, -0.25) is 0 Å². The minimum atomic E-state index is 0.599. The minimum absolute atomic E-state index is 0.599. The van der Waals surface area contributed by atoms with E-state index in [4.69, 9.17) is 10.3 Å². The number of rotatable bonds is 5. The van der Waals surface area contributed by atoms with E-state index in [9.17, 15) is 0 Å². The number of thiazole rings is 1. The van der Waals surface area contributed by atoms with Crippen LogP contribution in [0.4, 0.5) is 5.13 Å². The van der Waals surface area contributed by atoms with Crippen molar-refractivity contribution in [3.05, 3.63) is 17.4 Å². The number of hydrogen-bond donors (Lipinski definition) is 1. The molecule has 5 nitrogen and oxygen atoms in total. The molecule has 0 saturated carbocycles. The Morgan fingerprint density at radius 3 is 2.88 bits per heavy atom. The van der Waals surface area contributed by atoms with E-state index in [1.54, 1.807) is 11.8 Å². The van der Waals surface area contributed by atoms with Crippen LogP contribution in [0.25, 0.3) is 0 Å². The predicted octanol–water partition coefficient (Wildman–Crippen LogP) is 2.66. The third-order valence-electron chi connectivity index (χ3n) is 2.08. The molecule has 2 rings (SSSR count). The molecule has 2 heterocycles. The van der Waals surface area contributed by atoms with Gasteiger partial charge in [0.1, 0.15) is 0 Å². The molecule has 2 N–H and O–H groups in total. The van der Waals surface area contributed by atoms with Gasteiger partial charge in [-0.15, -0.1) is 11.8 Å². The van der Waals surface area contributed by atoms with Crippen LogP contribution in [-0.4, -0.2) is 15.1 Å². The van der Waals surface area contributed by atoms with Crippen LogP contribution < -0.4 is 5.73 Å². The maximum Gasteiger partial charge on any atom is 0.237 e. The number of hydrogen-bond acceptors (Lipinski definition) is 7. The zero-order valence-corrected chi connectivity index (χ0v) is 11.4. The van der Waals surface area contributed by atoms with Crippen molar-refractivity contribution in [2.24, 2.45) is 0 Å². The molecule has 0 amide bonds. The Morgan fingerprint density at radius 2 is 2.24 bits per heavy atom. The van der Waals surface area contributed by atoms with Crippen molar-refractivity contribution in [2.45, 2.75) is 36.7 Å². The van der Waals surface area contributed by atoms with Crippen LogP contribution >= 0.6 is 23.1 Å². The van der Waals surface area contributed by atoms with Gasteiger partial charge in [0.05, 0.1) is 15.7 Å². The zero-order valence-electron chi connectivity index (χ0n) is 9.77. The molecule has 7 heteroatoms. The van der Waals surface area contributed by atoms with Crippen LogP contribution in [0.5, 0.6) is 0 Å². The third kappa shape index (κ3) is 3.19. The van der Waals surface area contributed by atoms with Crippen LogP contribution in [0.2, 0.25) is 0 Å². The van der Waals surface area contributed by atoms with Gasteiger partial charge in [0.2, 0.25) is 5.89 Å². The lowest BCUT2D eigenvalue weighted by molar-refractivity contribution is 0.384. The Bertz CT molecular complexity index is 494. The highest BCUT2D eigenvalue weighted by molar-refractivity contribution is 8.00. The standard InChI is InChI=1S/C10H14N4OS2/c1-3-4-7-13-8(15-14-7)5-16-9-6(2)12-10(11)17-9/h3-5H2,1-2H3,(H2,11,12). The Balaban J connectivity index is 1.95. The Morgan fingerprint density at radius 1 is 1.41 bits per heavy atom. The van der Waals surface area contributed by atoms with Crippen molar-refractivity contribution in [1.29, 1.82) is 0 Å². The number of aromatic nitrogens is 3. The van der Waals surface area contributed by atoms with Crippen LogP contribution in [0.1, 0.15) is 30.8 Å². The Hall–Kier alpha value is -1.08. The predicted molar refractivity (Wildman–Crippen MR) is 69.1 cm³/mol. The lowest BCUT2D eigenvalue weighted by Gasteiger charge is -1.93. The van der Waals surface area contributed by atoms with E-state index in [2.05, 4.69) is 22.0 Å². The summed E-state index contributed by atoms with van der Waals surface area (Å²) in [7, 11) is 0. The molecule has 2 aromatic heterocycles. The van der Waals surface area contributed by atoms with Crippen molar-refractivity contribution in [3.63, 3.8) is 0 Å². The second-order valence-corrected chi connectivity index (χ2v) is 5.84. The molecule has 0 atom stereocenters. The zero-order chi connectivity index (χ0) is 12.3. The van der Waals surface area contributed by atoms with E-state index in [-0.39, 0.29) is 0 Å².